The summed E-state index contributed by atoms with van der Waals surface area (Å²) < 4.78 is 25.1. The number of benzene rings is 2. The molecule has 4 aromatic rings. The molecular weight excluding hydrogens is 464 g/mol. The van der Waals surface area contributed by atoms with Crippen molar-refractivity contribution in [3.8, 4) is 23.0 Å². The zero-order valence-corrected chi connectivity index (χ0v) is 20.5. The molecular formula is C25H28N6O5. The van der Waals surface area contributed by atoms with Gasteiger partial charge in [-0.1, -0.05) is 24.3 Å². The fourth-order valence-corrected chi connectivity index (χ4v) is 3.87. The standard InChI is InChI=1S/C25H28N6O5/c1-33-19-9-5-7-17(23(19)35-3)15-30-21(11-13-26-30)28-25(32)29-22-12-14-27-31(22)16-18-8-6-10-20(34-2)24(18)36-4/h5-14H,15-16H2,1-4H3,(H2,28,29,32). The molecule has 2 aromatic carbocycles. The van der Waals surface area contributed by atoms with Gasteiger partial charge in [0.05, 0.1) is 53.9 Å². The minimum Gasteiger partial charge on any atom is -0.493 e. The Hall–Kier alpha value is -4.67. The summed E-state index contributed by atoms with van der Waals surface area (Å²) in [5, 5.41) is 14.4. The summed E-state index contributed by atoms with van der Waals surface area (Å²) in [6, 6.07) is 14.2. The Balaban J connectivity index is 1.47. The van der Waals surface area contributed by atoms with Gasteiger partial charge in [0.25, 0.3) is 0 Å². The number of amides is 2. The van der Waals surface area contributed by atoms with E-state index in [2.05, 4.69) is 20.8 Å². The third kappa shape index (κ3) is 5.19. The molecule has 11 nitrogen and oxygen atoms in total. The number of ether oxygens (including phenoxy) is 4. The first-order valence-corrected chi connectivity index (χ1v) is 11.1. The molecule has 0 fully saturated rings. The average molecular weight is 493 g/mol. The summed E-state index contributed by atoms with van der Waals surface area (Å²) in [6.45, 7) is 0.743. The summed E-state index contributed by atoms with van der Waals surface area (Å²) >= 11 is 0. The van der Waals surface area contributed by atoms with E-state index < -0.39 is 6.03 Å². The second-order valence-corrected chi connectivity index (χ2v) is 7.63. The molecule has 0 saturated carbocycles. The molecule has 0 aliphatic carbocycles. The van der Waals surface area contributed by atoms with Crippen LogP contribution >= 0.6 is 0 Å². The van der Waals surface area contributed by atoms with Crippen molar-refractivity contribution >= 4 is 17.7 Å². The van der Waals surface area contributed by atoms with E-state index in [-0.39, 0.29) is 0 Å². The number of hydrogen-bond acceptors (Lipinski definition) is 7. The number of anilines is 2. The average Bonchev–Trinajstić information content (AvgIpc) is 3.52. The lowest BCUT2D eigenvalue weighted by molar-refractivity contribution is 0.261. The summed E-state index contributed by atoms with van der Waals surface area (Å²) in [5.74, 6) is 3.49. The lowest BCUT2D eigenvalue weighted by Gasteiger charge is -2.15. The molecule has 2 N–H and O–H groups in total. The van der Waals surface area contributed by atoms with Gasteiger partial charge in [0.15, 0.2) is 23.0 Å². The van der Waals surface area contributed by atoms with Gasteiger partial charge >= 0.3 is 6.03 Å². The van der Waals surface area contributed by atoms with Gasteiger partial charge in [-0.2, -0.15) is 10.2 Å². The Morgan fingerprint density at radius 2 is 1.14 bits per heavy atom. The van der Waals surface area contributed by atoms with Crippen LogP contribution in [0.3, 0.4) is 0 Å². The van der Waals surface area contributed by atoms with Crippen molar-refractivity contribution in [1.82, 2.24) is 19.6 Å². The number of para-hydroxylation sites is 2. The molecule has 36 heavy (non-hydrogen) atoms. The van der Waals surface area contributed by atoms with Crippen molar-refractivity contribution < 1.29 is 23.7 Å². The Labute approximate surface area is 208 Å². The number of hydrogen-bond donors (Lipinski definition) is 2. The van der Waals surface area contributed by atoms with Gasteiger partial charge in [-0.25, -0.2) is 14.2 Å². The Morgan fingerprint density at radius 1 is 0.694 bits per heavy atom. The lowest BCUT2D eigenvalue weighted by Crippen LogP contribution is -2.23. The van der Waals surface area contributed by atoms with Crippen molar-refractivity contribution in [2.24, 2.45) is 0 Å². The van der Waals surface area contributed by atoms with Gasteiger partial charge in [-0.3, -0.25) is 10.6 Å². The van der Waals surface area contributed by atoms with Crippen LogP contribution in [0.5, 0.6) is 23.0 Å². The molecule has 4 rings (SSSR count). The van der Waals surface area contributed by atoms with Crippen molar-refractivity contribution in [1.29, 1.82) is 0 Å². The topological polar surface area (TPSA) is 114 Å². The minimum atomic E-state index is -0.436. The van der Waals surface area contributed by atoms with Crippen LogP contribution in [0, 0.1) is 0 Å². The number of aromatic nitrogens is 4. The number of methoxy groups -OCH3 is 4. The van der Waals surface area contributed by atoms with Gasteiger partial charge in [0.1, 0.15) is 11.6 Å². The number of nitrogens with one attached hydrogen (secondary N) is 2. The van der Waals surface area contributed by atoms with Crippen LogP contribution in [0.1, 0.15) is 11.1 Å². The van der Waals surface area contributed by atoms with Gasteiger partial charge in [-0.15, -0.1) is 0 Å². The molecule has 0 radical (unpaired) electrons. The van der Waals surface area contributed by atoms with E-state index in [1.165, 1.54) is 0 Å². The van der Waals surface area contributed by atoms with Crippen LogP contribution in [0.25, 0.3) is 0 Å². The van der Waals surface area contributed by atoms with Crippen LogP contribution in [0.4, 0.5) is 16.4 Å². The lowest BCUT2D eigenvalue weighted by atomic mass is 10.2. The maximum absolute atomic E-state index is 12.8. The molecule has 0 aliphatic heterocycles. The molecule has 0 atom stereocenters. The smallest absolute Gasteiger partial charge is 0.326 e. The summed E-state index contributed by atoms with van der Waals surface area (Å²) in [6.07, 6.45) is 3.23. The van der Waals surface area contributed by atoms with E-state index in [0.29, 0.717) is 47.7 Å². The molecule has 0 aliphatic rings. The number of carbonyl (C=O) groups is 1. The zero-order chi connectivity index (χ0) is 25.5. The quantitative estimate of drug-likeness (QED) is 0.346. The van der Waals surface area contributed by atoms with Gasteiger partial charge in [0, 0.05) is 23.3 Å². The Morgan fingerprint density at radius 3 is 1.53 bits per heavy atom. The number of nitrogens with zero attached hydrogens (tertiary/aromatic N) is 4. The fourth-order valence-electron chi connectivity index (χ4n) is 3.87. The molecule has 2 heterocycles. The first kappa shape index (κ1) is 24.5. The molecule has 2 aromatic heterocycles. The van der Waals surface area contributed by atoms with E-state index in [4.69, 9.17) is 18.9 Å². The largest absolute Gasteiger partial charge is 0.493 e. The van der Waals surface area contributed by atoms with E-state index in [0.717, 1.165) is 11.1 Å². The molecule has 0 bridgehead atoms. The van der Waals surface area contributed by atoms with Crippen molar-refractivity contribution in [3.05, 3.63) is 72.1 Å². The predicted octanol–water partition coefficient (Wildman–Crippen LogP) is 3.85. The highest BCUT2D eigenvalue weighted by Gasteiger charge is 2.16. The fraction of sp³-hybridized carbons (Fsp3) is 0.240. The number of urea groups is 1. The highest BCUT2D eigenvalue weighted by atomic mass is 16.5. The van der Waals surface area contributed by atoms with Crippen LogP contribution in [-0.4, -0.2) is 54.0 Å². The van der Waals surface area contributed by atoms with Crippen molar-refractivity contribution in [3.63, 3.8) is 0 Å². The first-order chi connectivity index (χ1) is 17.6. The SMILES string of the molecule is COc1cccc(Cn2nccc2NC(=O)Nc2ccnn2Cc2cccc(OC)c2OC)c1OC. The molecule has 0 unspecified atom stereocenters. The van der Waals surface area contributed by atoms with Crippen molar-refractivity contribution in [2.45, 2.75) is 13.1 Å². The third-order valence-corrected chi connectivity index (χ3v) is 5.53. The van der Waals surface area contributed by atoms with E-state index in [1.54, 1.807) is 62.3 Å². The van der Waals surface area contributed by atoms with Crippen LogP contribution in [-0.2, 0) is 13.1 Å². The monoisotopic (exact) mass is 492 g/mol. The number of carbonyl (C=O) groups excluding carboxylic acids is 1. The Kier molecular flexibility index (Phi) is 7.59. The second kappa shape index (κ2) is 11.2. The maximum Gasteiger partial charge on any atom is 0.326 e. The maximum atomic E-state index is 12.8. The minimum absolute atomic E-state index is 0.372. The highest BCUT2D eigenvalue weighted by Crippen LogP contribution is 2.32. The predicted molar refractivity (Wildman–Crippen MR) is 134 cm³/mol. The zero-order valence-electron chi connectivity index (χ0n) is 20.5. The van der Waals surface area contributed by atoms with E-state index >= 15 is 0 Å². The van der Waals surface area contributed by atoms with E-state index in [1.807, 2.05) is 36.4 Å². The van der Waals surface area contributed by atoms with Gasteiger partial charge < -0.3 is 18.9 Å². The molecule has 0 spiro atoms. The van der Waals surface area contributed by atoms with Crippen LogP contribution in [0.2, 0.25) is 0 Å². The van der Waals surface area contributed by atoms with E-state index in [9.17, 15) is 4.79 Å². The summed E-state index contributed by atoms with van der Waals surface area (Å²) in [4.78, 5) is 12.8. The number of rotatable bonds is 10. The summed E-state index contributed by atoms with van der Waals surface area (Å²) in [5.41, 5.74) is 1.71. The Bertz CT molecular complexity index is 1230. The molecule has 188 valence electrons. The third-order valence-electron chi connectivity index (χ3n) is 5.53. The van der Waals surface area contributed by atoms with Crippen LogP contribution in [0.15, 0.2) is 60.9 Å². The highest BCUT2D eigenvalue weighted by molar-refractivity contribution is 5.98. The second-order valence-electron chi connectivity index (χ2n) is 7.63. The van der Waals surface area contributed by atoms with Crippen molar-refractivity contribution in [2.75, 3.05) is 39.1 Å². The van der Waals surface area contributed by atoms with Crippen LogP contribution < -0.4 is 29.6 Å². The van der Waals surface area contributed by atoms with Gasteiger partial charge in [-0.05, 0) is 12.1 Å². The molecule has 2 amide bonds. The molecule has 0 saturated heterocycles. The van der Waals surface area contributed by atoms with Gasteiger partial charge in [0.2, 0.25) is 0 Å². The normalized spacial score (nSPS) is 10.6. The first-order valence-electron chi connectivity index (χ1n) is 11.1. The summed E-state index contributed by atoms with van der Waals surface area (Å²) in [7, 11) is 6.34. The molecule has 11 heteroatoms.